The molecule has 36 heavy (non-hydrogen) atoms. The van der Waals surface area contributed by atoms with Gasteiger partial charge in [-0.2, -0.15) is 41.3 Å². The SMILES string of the molecule is Cc1nn(-c2ccc(C(F)(F)F)c(C(F)(F)F)c2)nc1CCOc1ccc2c(ccn2CC(=O)O)c1. The van der Waals surface area contributed by atoms with Crippen LogP contribution in [0.1, 0.15) is 22.5 Å². The Labute approximate surface area is 199 Å². The van der Waals surface area contributed by atoms with Crippen LogP contribution in [0, 0.1) is 6.92 Å². The summed E-state index contributed by atoms with van der Waals surface area (Å²) in [5.74, 6) is -0.458. The molecular weight excluding hydrogens is 494 g/mol. The van der Waals surface area contributed by atoms with Crippen LogP contribution in [0.5, 0.6) is 5.75 Å². The molecule has 0 saturated carbocycles. The average molecular weight is 512 g/mol. The van der Waals surface area contributed by atoms with Gasteiger partial charge in [-0.15, -0.1) is 0 Å². The molecule has 190 valence electrons. The molecular formula is C23H18F6N4O3. The van der Waals surface area contributed by atoms with Gasteiger partial charge in [-0.1, -0.05) is 0 Å². The van der Waals surface area contributed by atoms with Crippen molar-refractivity contribution in [3.05, 3.63) is 71.2 Å². The number of halogens is 6. The average Bonchev–Trinajstić information content (AvgIpc) is 3.35. The molecule has 2 heterocycles. The molecule has 0 bridgehead atoms. The third-order valence-electron chi connectivity index (χ3n) is 5.38. The largest absolute Gasteiger partial charge is 0.493 e. The van der Waals surface area contributed by atoms with E-state index in [0.717, 1.165) is 21.8 Å². The van der Waals surface area contributed by atoms with Crippen molar-refractivity contribution in [1.29, 1.82) is 0 Å². The van der Waals surface area contributed by atoms with Gasteiger partial charge in [0.1, 0.15) is 12.3 Å². The van der Waals surface area contributed by atoms with Crippen molar-refractivity contribution >= 4 is 16.9 Å². The van der Waals surface area contributed by atoms with E-state index in [4.69, 9.17) is 9.84 Å². The van der Waals surface area contributed by atoms with Crippen molar-refractivity contribution in [2.24, 2.45) is 0 Å². The fraction of sp³-hybridized carbons (Fsp3) is 0.261. The Morgan fingerprint density at radius 3 is 2.36 bits per heavy atom. The standard InChI is InChI=1S/C23H18F6N4O3/c1-13-19(7-9-36-16-3-5-20-14(10-16)6-8-32(20)12-21(34)35)31-33(30-13)15-2-4-17(22(24,25)26)18(11-15)23(27,28)29/h2-6,8,10-11H,7,9,12H2,1H3,(H,34,35). The second-order valence-electron chi connectivity index (χ2n) is 7.90. The zero-order valence-electron chi connectivity index (χ0n) is 18.6. The number of benzene rings is 2. The van der Waals surface area contributed by atoms with Crippen LogP contribution in [-0.4, -0.2) is 37.2 Å². The van der Waals surface area contributed by atoms with Crippen LogP contribution in [0.25, 0.3) is 16.6 Å². The highest BCUT2D eigenvalue weighted by Gasteiger charge is 2.43. The normalized spacial score (nSPS) is 12.3. The van der Waals surface area contributed by atoms with Crippen molar-refractivity contribution in [1.82, 2.24) is 19.6 Å². The summed E-state index contributed by atoms with van der Waals surface area (Å²) in [5.41, 5.74) is -2.36. The van der Waals surface area contributed by atoms with Crippen molar-refractivity contribution < 1.29 is 41.0 Å². The monoisotopic (exact) mass is 512 g/mol. The van der Waals surface area contributed by atoms with Crippen molar-refractivity contribution in [2.45, 2.75) is 32.2 Å². The molecule has 0 aliphatic heterocycles. The number of hydrogen-bond donors (Lipinski definition) is 1. The van der Waals surface area contributed by atoms with E-state index in [0.29, 0.717) is 29.3 Å². The molecule has 7 nitrogen and oxygen atoms in total. The first-order chi connectivity index (χ1) is 16.8. The highest BCUT2D eigenvalue weighted by molar-refractivity contribution is 5.83. The lowest BCUT2D eigenvalue weighted by Crippen LogP contribution is -2.17. The van der Waals surface area contributed by atoms with Gasteiger partial charge in [0.2, 0.25) is 0 Å². The van der Waals surface area contributed by atoms with Gasteiger partial charge in [0.25, 0.3) is 0 Å². The first-order valence-electron chi connectivity index (χ1n) is 10.5. The molecule has 0 aliphatic rings. The fourth-order valence-electron chi connectivity index (χ4n) is 3.71. The van der Waals surface area contributed by atoms with Crippen LogP contribution >= 0.6 is 0 Å². The Kier molecular flexibility index (Phi) is 6.41. The van der Waals surface area contributed by atoms with Gasteiger partial charge in [0, 0.05) is 23.5 Å². The van der Waals surface area contributed by atoms with Crippen molar-refractivity contribution in [3.8, 4) is 11.4 Å². The summed E-state index contributed by atoms with van der Waals surface area (Å²) in [6, 6.07) is 8.49. The van der Waals surface area contributed by atoms with E-state index in [1.165, 1.54) is 0 Å². The van der Waals surface area contributed by atoms with E-state index in [1.807, 2.05) is 0 Å². The topological polar surface area (TPSA) is 82.2 Å². The Balaban J connectivity index is 1.48. The summed E-state index contributed by atoms with van der Waals surface area (Å²) in [6.07, 6.45) is -8.50. The number of fused-ring (bicyclic) bond motifs is 1. The minimum atomic E-state index is -5.21. The highest BCUT2D eigenvalue weighted by atomic mass is 19.4. The summed E-state index contributed by atoms with van der Waals surface area (Å²) in [5, 5.41) is 17.9. The van der Waals surface area contributed by atoms with Crippen LogP contribution in [0.2, 0.25) is 0 Å². The van der Waals surface area contributed by atoms with E-state index in [2.05, 4.69) is 10.2 Å². The van der Waals surface area contributed by atoms with E-state index < -0.39 is 29.4 Å². The number of aryl methyl sites for hydroxylation is 1. The van der Waals surface area contributed by atoms with Crippen LogP contribution in [-0.2, 0) is 30.1 Å². The Morgan fingerprint density at radius 1 is 0.972 bits per heavy atom. The van der Waals surface area contributed by atoms with Gasteiger partial charge < -0.3 is 14.4 Å². The number of carbonyl (C=O) groups is 1. The molecule has 0 saturated heterocycles. The molecule has 2 aromatic carbocycles. The van der Waals surface area contributed by atoms with Crippen LogP contribution < -0.4 is 4.74 Å². The van der Waals surface area contributed by atoms with E-state index >= 15 is 0 Å². The predicted molar refractivity (Wildman–Crippen MR) is 115 cm³/mol. The molecule has 0 amide bonds. The highest BCUT2D eigenvalue weighted by Crippen LogP contribution is 2.41. The maximum atomic E-state index is 13.2. The molecule has 1 N–H and O–H groups in total. The third-order valence-corrected chi connectivity index (χ3v) is 5.38. The second kappa shape index (κ2) is 9.21. The number of rotatable bonds is 7. The second-order valence-corrected chi connectivity index (χ2v) is 7.90. The number of aromatic nitrogens is 4. The van der Waals surface area contributed by atoms with Crippen LogP contribution in [0.4, 0.5) is 26.3 Å². The predicted octanol–water partition coefficient (Wildman–Crippen LogP) is 5.27. The first kappa shape index (κ1) is 25.1. The number of ether oxygens (including phenoxy) is 1. The number of carboxylic acid groups (broad SMARTS) is 1. The molecule has 0 unspecified atom stereocenters. The molecule has 2 aromatic heterocycles. The molecule has 0 fully saturated rings. The lowest BCUT2D eigenvalue weighted by molar-refractivity contribution is -0.162. The first-order valence-corrected chi connectivity index (χ1v) is 10.5. The van der Waals surface area contributed by atoms with Gasteiger partial charge in [-0.25, -0.2) is 0 Å². The maximum absolute atomic E-state index is 13.2. The number of nitrogens with zero attached hydrogens (tertiary/aromatic N) is 4. The Hall–Kier alpha value is -4.03. The molecule has 4 rings (SSSR count). The summed E-state index contributed by atoms with van der Waals surface area (Å²) in [7, 11) is 0. The Morgan fingerprint density at radius 2 is 1.69 bits per heavy atom. The fourth-order valence-corrected chi connectivity index (χ4v) is 3.71. The molecule has 0 atom stereocenters. The Bertz CT molecular complexity index is 1420. The molecule has 4 aromatic rings. The minimum absolute atomic E-state index is 0.141. The van der Waals surface area contributed by atoms with Crippen LogP contribution in [0.15, 0.2) is 48.7 Å². The summed E-state index contributed by atoms with van der Waals surface area (Å²) in [6.45, 7) is 1.54. The van der Waals surface area contributed by atoms with E-state index in [1.54, 1.807) is 42.0 Å². The third kappa shape index (κ3) is 5.29. The van der Waals surface area contributed by atoms with E-state index in [-0.39, 0.29) is 25.3 Å². The summed E-state index contributed by atoms with van der Waals surface area (Å²) in [4.78, 5) is 11.8. The molecule has 0 spiro atoms. The van der Waals surface area contributed by atoms with Gasteiger partial charge in [-0.3, -0.25) is 4.79 Å². The summed E-state index contributed by atoms with van der Waals surface area (Å²) >= 11 is 0. The molecule has 13 heteroatoms. The smallest absolute Gasteiger partial charge is 0.417 e. The molecule has 0 radical (unpaired) electrons. The summed E-state index contributed by atoms with van der Waals surface area (Å²) < 4.78 is 86.1. The lowest BCUT2D eigenvalue weighted by Gasteiger charge is -2.16. The van der Waals surface area contributed by atoms with Crippen molar-refractivity contribution in [3.63, 3.8) is 0 Å². The van der Waals surface area contributed by atoms with Gasteiger partial charge in [0.15, 0.2) is 0 Å². The number of aliphatic carboxylic acids is 1. The lowest BCUT2D eigenvalue weighted by atomic mass is 10.1. The van der Waals surface area contributed by atoms with Gasteiger partial charge >= 0.3 is 18.3 Å². The van der Waals surface area contributed by atoms with Crippen molar-refractivity contribution in [2.75, 3.05) is 6.61 Å². The minimum Gasteiger partial charge on any atom is -0.493 e. The number of hydrogen-bond acceptors (Lipinski definition) is 4. The van der Waals surface area contributed by atoms with E-state index in [9.17, 15) is 31.1 Å². The van der Waals surface area contributed by atoms with Crippen LogP contribution in [0.3, 0.4) is 0 Å². The number of alkyl halides is 6. The molecule has 0 aliphatic carbocycles. The zero-order chi connectivity index (χ0) is 26.3. The number of carboxylic acids is 1. The maximum Gasteiger partial charge on any atom is 0.417 e. The van der Waals surface area contributed by atoms with Gasteiger partial charge in [-0.05, 0) is 49.4 Å². The van der Waals surface area contributed by atoms with Gasteiger partial charge in [0.05, 0.1) is 34.8 Å². The quantitative estimate of drug-likeness (QED) is 0.341. The zero-order valence-corrected chi connectivity index (χ0v) is 18.6.